The largest absolute Gasteiger partial charge is 0.456 e. The van der Waals surface area contributed by atoms with Gasteiger partial charge in [-0.15, -0.1) is 0 Å². The smallest absolute Gasteiger partial charge is 0.137 e. The summed E-state index contributed by atoms with van der Waals surface area (Å²) in [6.07, 6.45) is 1.73. The molecule has 0 bridgehead atoms. The van der Waals surface area contributed by atoms with Gasteiger partial charge in [0.25, 0.3) is 0 Å². The SMILES string of the molecule is N#Cc1cccnc1-c1cccc(-c2ccccc2-n2c3ccccc3c3ccc4oc5ccccc5c4c32)c1. The predicted octanol–water partition coefficient (Wildman–Crippen LogP) is 9.28. The van der Waals surface area contributed by atoms with Crippen molar-refractivity contribution >= 4 is 43.7 Å². The molecule has 8 rings (SSSR count). The Morgan fingerprint density at radius 1 is 0.650 bits per heavy atom. The van der Waals surface area contributed by atoms with Gasteiger partial charge < -0.3 is 8.98 Å². The van der Waals surface area contributed by atoms with E-state index in [-0.39, 0.29) is 0 Å². The number of pyridine rings is 1. The third-order valence-corrected chi connectivity index (χ3v) is 7.69. The minimum Gasteiger partial charge on any atom is -0.456 e. The van der Waals surface area contributed by atoms with Crippen molar-refractivity contribution in [2.45, 2.75) is 0 Å². The average molecular weight is 512 g/mol. The number of nitrogens with zero attached hydrogens (tertiary/aromatic N) is 3. The molecular weight excluding hydrogens is 490 g/mol. The maximum atomic E-state index is 9.68. The van der Waals surface area contributed by atoms with E-state index in [1.165, 1.54) is 10.8 Å². The van der Waals surface area contributed by atoms with Crippen LogP contribution in [0, 0.1) is 11.3 Å². The van der Waals surface area contributed by atoms with Gasteiger partial charge in [-0.2, -0.15) is 5.26 Å². The standard InChI is InChI=1S/C36H21N3O/c37-22-25-11-8-20-38-35(25)24-10-7-9-23(21-24)26-12-1-4-15-30(26)39-31-16-5-2-13-27(31)28-18-19-33-34(36(28)39)29-14-3-6-17-32(29)40-33/h1-21H. The van der Waals surface area contributed by atoms with Crippen LogP contribution in [0.2, 0.25) is 0 Å². The fourth-order valence-electron chi connectivity index (χ4n) is 5.99. The number of fused-ring (bicyclic) bond motifs is 7. The summed E-state index contributed by atoms with van der Waals surface area (Å²) in [6.45, 7) is 0. The molecule has 0 aliphatic rings. The Balaban J connectivity index is 1.46. The van der Waals surface area contributed by atoms with Gasteiger partial charge in [-0.1, -0.05) is 72.8 Å². The number of hydrogen-bond acceptors (Lipinski definition) is 3. The number of furan rings is 1. The number of rotatable bonds is 3. The van der Waals surface area contributed by atoms with Crippen molar-refractivity contribution in [3.63, 3.8) is 0 Å². The molecule has 0 radical (unpaired) electrons. The van der Waals surface area contributed by atoms with Crippen LogP contribution in [-0.2, 0) is 0 Å². The highest BCUT2D eigenvalue weighted by molar-refractivity contribution is 6.24. The summed E-state index contributed by atoms with van der Waals surface area (Å²) in [5.41, 5.74) is 9.39. The molecule has 0 unspecified atom stereocenters. The minimum absolute atomic E-state index is 0.560. The van der Waals surface area contributed by atoms with E-state index in [4.69, 9.17) is 4.42 Å². The number of hydrogen-bond donors (Lipinski definition) is 0. The molecule has 0 atom stereocenters. The second kappa shape index (κ2) is 8.69. The highest BCUT2D eigenvalue weighted by Gasteiger charge is 2.20. The van der Waals surface area contributed by atoms with Crippen molar-refractivity contribution in [2.24, 2.45) is 0 Å². The van der Waals surface area contributed by atoms with E-state index in [2.05, 4.69) is 101 Å². The molecule has 0 saturated carbocycles. The lowest BCUT2D eigenvalue weighted by Gasteiger charge is -2.15. The Labute approximate surface area is 230 Å². The monoisotopic (exact) mass is 511 g/mol. The first-order valence-corrected chi connectivity index (χ1v) is 13.2. The maximum Gasteiger partial charge on any atom is 0.137 e. The number of aromatic nitrogens is 2. The molecular formula is C36H21N3O. The van der Waals surface area contributed by atoms with Gasteiger partial charge in [0.15, 0.2) is 0 Å². The van der Waals surface area contributed by atoms with Crippen LogP contribution in [0.4, 0.5) is 0 Å². The van der Waals surface area contributed by atoms with E-state index in [1.807, 2.05) is 30.3 Å². The Bertz CT molecular complexity index is 2300. The van der Waals surface area contributed by atoms with Crippen LogP contribution in [-0.4, -0.2) is 9.55 Å². The molecule has 3 heterocycles. The summed E-state index contributed by atoms with van der Waals surface area (Å²) >= 11 is 0. The van der Waals surface area contributed by atoms with E-state index in [0.29, 0.717) is 11.3 Å². The normalized spacial score (nSPS) is 11.5. The summed E-state index contributed by atoms with van der Waals surface area (Å²) in [7, 11) is 0. The van der Waals surface area contributed by atoms with Gasteiger partial charge in [-0.05, 0) is 54.1 Å². The summed E-state index contributed by atoms with van der Waals surface area (Å²) in [4.78, 5) is 4.53. The molecule has 5 aromatic carbocycles. The topological polar surface area (TPSA) is 54.8 Å². The average Bonchev–Trinajstić information content (AvgIpc) is 3.57. The third kappa shape index (κ3) is 3.22. The van der Waals surface area contributed by atoms with E-state index in [1.54, 1.807) is 12.3 Å². The zero-order valence-corrected chi connectivity index (χ0v) is 21.4. The highest BCUT2D eigenvalue weighted by atomic mass is 16.3. The first-order valence-electron chi connectivity index (χ1n) is 13.2. The van der Waals surface area contributed by atoms with Gasteiger partial charge in [0.2, 0.25) is 0 Å². The molecule has 0 aliphatic heterocycles. The van der Waals surface area contributed by atoms with Gasteiger partial charge >= 0.3 is 0 Å². The van der Waals surface area contributed by atoms with E-state index >= 15 is 0 Å². The summed E-state index contributed by atoms with van der Waals surface area (Å²) < 4.78 is 8.68. The molecule has 0 aliphatic carbocycles. The Morgan fingerprint density at radius 3 is 2.38 bits per heavy atom. The van der Waals surface area contributed by atoms with Crippen LogP contribution in [0.25, 0.3) is 71.8 Å². The lowest BCUT2D eigenvalue weighted by molar-refractivity contribution is 0.669. The van der Waals surface area contributed by atoms with Crippen molar-refractivity contribution in [1.82, 2.24) is 9.55 Å². The number of para-hydroxylation sites is 3. The lowest BCUT2D eigenvalue weighted by Crippen LogP contribution is -1.98. The fourth-order valence-corrected chi connectivity index (χ4v) is 5.99. The molecule has 0 fully saturated rings. The van der Waals surface area contributed by atoms with E-state index in [0.717, 1.165) is 55.3 Å². The minimum atomic E-state index is 0.560. The first-order chi connectivity index (χ1) is 19.8. The van der Waals surface area contributed by atoms with Gasteiger partial charge in [0.1, 0.15) is 17.2 Å². The second-order valence-corrected chi connectivity index (χ2v) is 9.89. The Hall–Kier alpha value is -5.66. The lowest BCUT2D eigenvalue weighted by atomic mass is 9.98. The van der Waals surface area contributed by atoms with Crippen LogP contribution in [0.5, 0.6) is 0 Å². The number of benzene rings is 5. The quantitative estimate of drug-likeness (QED) is 0.237. The molecule has 40 heavy (non-hydrogen) atoms. The fraction of sp³-hybridized carbons (Fsp3) is 0. The van der Waals surface area contributed by atoms with Crippen LogP contribution in [0.3, 0.4) is 0 Å². The van der Waals surface area contributed by atoms with Gasteiger partial charge in [0, 0.05) is 33.5 Å². The molecule has 8 aromatic rings. The van der Waals surface area contributed by atoms with Crippen LogP contribution in [0.1, 0.15) is 5.56 Å². The predicted molar refractivity (Wildman–Crippen MR) is 161 cm³/mol. The molecule has 186 valence electrons. The van der Waals surface area contributed by atoms with Crippen LogP contribution >= 0.6 is 0 Å². The molecule has 0 spiro atoms. The summed E-state index contributed by atoms with van der Waals surface area (Å²) in [6, 6.07) is 43.7. The zero-order chi connectivity index (χ0) is 26.6. The first kappa shape index (κ1) is 22.3. The molecule has 4 heteroatoms. The van der Waals surface area contributed by atoms with Crippen LogP contribution in [0.15, 0.2) is 132 Å². The summed E-state index contributed by atoms with van der Waals surface area (Å²) in [5, 5.41) is 14.3. The molecule has 0 saturated heterocycles. The van der Waals surface area contributed by atoms with Crippen molar-refractivity contribution in [3.05, 3.63) is 133 Å². The van der Waals surface area contributed by atoms with Gasteiger partial charge in [0.05, 0.1) is 33.4 Å². The van der Waals surface area contributed by atoms with Crippen LogP contribution < -0.4 is 0 Å². The van der Waals surface area contributed by atoms with Crippen molar-refractivity contribution in [1.29, 1.82) is 5.26 Å². The zero-order valence-electron chi connectivity index (χ0n) is 21.4. The summed E-state index contributed by atoms with van der Waals surface area (Å²) in [5.74, 6) is 0. The van der Waals surface area contributed by atoms with Gasteiger partial charge in [-0.3, -0.25) is 4.98 Å². The highest BCUT2D eigenvalue weighted by Crippen LogP contribution is 2.42. The van der Waals surface area contributed by atoms with E-state index in [9.17, 15) is 5.26 Å². The van der Waals surface area contributed by atoms with Crippen molar-refractivity contribution in [3.8, 4) is 34.1 Å². The van der Waals surface area contributed by atoms with Crippen molar-refractivity contribution in [2.75, 3.05) is 0 Å². The molecule has 4 nitrogen and oxygen atoms in total. The number of nitriles is 1. The Kier molecular flexibility index (Phi) is 4.85. The van der Waals surface area contributed by atoms with Gasteiger partial charge in [-0.25, -0.2) is 0 Å². The van der Waals surface area contributed by atoms with Crippen molar-refractivity contribution < 1.29 is 4.42 Å². The second-order valence-electron chi connectivity index (χ2n) is 9.89. The molecule has 0 N–H and O–H groups in total. The molecule has 3 aromatic heterocycles. The maximum absolute atomic E-state index is 9.68. The molecule has 0 amide bonds. The van der Waals surface area contributed by atoms with E-state index < -0.39 is 0 Å². The Morgan fingerprint density at radius 2 is 1.45 bits per heavy atom. The third-order valence-electron chi connectivity index (χ3n) is 7.69.